The van der Waals surface area contributed by atoms with Gasteiger partial charge >= 0.3 is 0 Å². The monoisotopic (exact) mass is 288 g/mol. The fourth-order valence-corrected chi connectivity index (χ4v) is 3.19. The van der Waals surface area contributed by atoms with Crippen LogP contribution in [-0.2, 0) is 7.05 Å². The molecule has 1 aromatic heterocycles. The molecule has 0 aliphatic rings. The standard InChI is InChI=1S/C19H16N2O/c1-21-17-5-3-2-4-15(17)16-11-10-14(18(20)19(16)21)12-6-8-13(22)9-7-12/h2-11,22H,20H2,1H3. The normalized spacial score (nSPS) is 11.3. The molecule has 0 saturated heterocycles. The summed E-state index contributed by atoms with van der Waals surface area (Å²) in [5, 5.41) is 11.8. The first-order valence-corrected chi connectivity index (χ1v) is 7.22. The fraction of sp³-hybridized carbons (Fsp3) is 0.0526. The summed E-state index contributed by atoms with van der Waals surface area (Å²) in [6.07, 6.45) is 0. The molecular formula is C19H16N2O. The number of phenols is 1. The molecule has 3 aromatic carbocycles. The van der Waals surface area contributed by atoms with Crippen molar-refractivity contribution in [3.05, 3.63) is 60.7 Å². The van der Waals surface area contributed by atoms with Gasteiger partial charge in [-0.15, -0.1) is 0 Å². The summed E-state index contributed by atoms with van der Waals surface area (Å²) < 4.78 is 2.14. The zero-order chi connectivity index (χ0) is 15.3. The first kappa shape index (κ1) is 12.8. The van der Waals surface area contributed by atoms with Crippen molar-refractivity contribution >= 4 is 27.5 Å². The molecule has 4 aromatic rings. The molecule has 3 N–H and O–H groups in total. The van der Waals surface area contributed by atoms with Gasteiger partial charge in [0.25, 0.3) is 0 Å². The van der Waals surface area contributed by atoms with E-state index in [0.29, 0.717) is 0 Å². The Kier molecular flexibility index (Phi) is 2.63. The van der Waals surface area contributed by atoms with Crippen LogP contribution in [0.1, 0.15) is 0 Å². The Morgan fingerprint density at radius 2 is 1.59 bits per heavy atom. The molecule has 0 saturated carbocycles. The number of aryl methyl sites for hydroxylation is 1. The van der Waals surface area contributed by atoms with Gasteiger partial charge in [-0.3, -0.25) is 0 Å². The van der Waals surface area contributed by atoms with Crippen molar-refractivity contribution in [2.24, 2.45) is 7.05 Å². The Morgan fingerprint density at radius 3 is 2.36 bits per heavy atom. The number of anilines is 1. The number of hydrogen-bond acceptors (Lipinski definition) is 2. The van der Waals surface area contributed by atoms with Crippen LogP contribution in [0, 0.1) is 0 Å². The van der Waals surface area contributed by atoms with Crippen molar-refractivity contribution in [3.63, 3.8) is 0 Å². The Morgan fingerprint density at radius 1 is 0.864 bits per heavy atom. The van der Waals surface area contributed by atoms with Crippen LogP contribution in [0.25, 0.3) is 32.9 Å². The average molecular weight is 288 g/mol. The van der Waals surface area contributed by atoms with Crippen molar-refractivity contribution in [2.75, 3.05) is 5.73 Å². The number of nitrogen functional groups attached to an aromatic ring is 1. The lowest BCUT2D eigenvalue weighted by Gasteiger charge is -2.09. The van der Waals surface area contributed by atoms with E-state index in [1.807, 2.05) is 31.3 Å². The van der Waals surface area contributed by atoms with Crippen molar-refractivity contribution in [3.8, 4) is 16.9 Å². The summed E-state index contributed by atoms with van der Waals surface area (Å²) in [7, 11) is 2.04. The Labute approximate surface area is 128 Å². The first-order chi connectivity index (χ1) is 10.7. The number of aromatic hydroxyl groups is 1. The van der Waals surface area contributed by atoms with Crippen LogP contribution in [0.3, 0.4) is 0 Å². The smallest absolute Gasteiger partial charge is 0.115 e. The van der Waals surface area contributed by atoms with Crippen LogP contribution in [0.2, 0.25) is 0 Å². The molecule has 0 fully saturated rings. The van der Waals surface area contributed by atoms with Crippen LogP contribution >= 0.6 is 0 Å². The summed E-state index contributed by atoms with van der Waals surface area (Å²) in [5.41, 5.74) is 11.4. The maximum Gasteiger partial charge on any atom is 0.115 e. The number of hydrogen-bond donors (Lipinski definition) is 2. The second-order valence-corrected chi connectivity index (χ2v) is 5.55. The minimum atomic E-state index is 0.257. The van der Waals surface area contributed by atoms with E-state index >= 15 is 0 Å². The van der Waals surface area contributed by atoms with Gasteiger partial charge < -0.3 is 15.4 Å². The molecule has 4 rings (SSSR count). The zero-order valence-corrected chi connectivity index (χ0v) is 12.2. The third kappa shape index (κ3) is 1.69. The summed E-state index contributed by atoms with van der Waals surface area (Å²) in [5.74, 6) is 0.257. The lowest BCUT2D eigenvalue weighted by atomic mass is 10.0. The van der Waals surface area contributed by atoms with Crippen molar-refractivity contribution in [1.82, 2.24) is 4.57 Å². The van der Waals surface area contributed by atoms with E-state index in [9.17, 15) is 5.11 Å². The highest BCUT2D eigenvalue weighted by Gasteiger charge is 2.13. The van der Waals surface area contributed by atoms with E-state index in [0.717, 1.165) is 27.7 Å². The topological polar surface area (TPSA) is 51.2 Å². The Hall–Kier alpha value is -2.94. The lowest BCUT2D eigenvalue weighted by Crippen LogP contribution is -1.96. The highest BCUT2D eigenvalue weighted by molar-refractivity contribution is 6.14. The van der Waals surface area contributed by atoms with Crippen LogP contribution < -0.4 is 5.73 Å². The molecule has 0 aliphatic carbocycles. The highest BCUT2D eigenvalue weighted by Crippen LogP contribution is 2.37. The predicted molar refractivity (Wildman–Crippen MR) is 91.9 cm³/mol. The Balaban J connectivity index is 2.07. The van der Waals surface area contributed by atoms with E-state index < -0.39 is 0 Å². The summed E-state index contributed by atoms with van der Waals surface area (Å²) >= 11 is 0. The van der Waals surface area contributed by atoms with E-state index in [1.165, 1.54) is 10.9 Å². The van der Waals surface area contributed by atoms with Crippen molar-refractivity contribution in [1.29, 1.82) is 0 Å². The number of phenolic OH excluding ortho intramolecular Hbond substituents is 1. The first-order valence-electron chi connectivity index (χ1n) is 7.22. The van der Waals surface area contributed by atoms with E-state index in [1.54, 1.807) is 12.1 Å². The molecule has 0 bridgehead atoms. The number of nitrogens with two attached hydrogens (primary N) is 1. The molecule has 3 heteroatoms. The molecule has 0 atom stereocenters. The minimum absolute atomic E-state index is 0.257. The van der Waals surface area contributed by atoms with Gasteiger partial charge in [-0.2, -0.15) is 0 Å². The molecule has 0 spiro atoms. The third-order valence-corrected chi connectivity index (χ3v) is 4.29. The molecule has 0 aliphatic heterocycles. The second kappa shape index (κ2) is 4.53. The SMILES string of the molecule is Cn1c2ccccc2c2ccc(-c3ccc(O)cc3)c(N)c21. The van der Waals surface area contributed by atoms with Gasteiger partial charge in [-0.25, -0.2) is 0 Å². The molecule has 3 nitrogen and oxygen atoms in total. The highest BCUT2D eigenvalue weighted by atomic mass is 16.3. The fourth-order valence-electron chi connectivity index (χ4n) is 3.19. The van der Waals surface area contributed by atoms with Gasteiger partial charge in [0.1, 0.15) is 5.75 Å². The van der Waals surface area contributed by atoms with E-state index in [2.05, 4.69) is 28.8 Å². The quantitative estimate of drug-likeness (QED) is 0.513. The van der Waals surface area contributed by atoms with Gasteiger partial charge in [0, 0.05) is 28.9 Å². The number of aromatic nitrogens is 1. The number of para-hydroxylation sites is 1. The van der Waals surface area contributed by atoms with Crippen LogP contribution in [0.15, 0.2) is 60.7 Å². The maximum atomic E-state index is 9.45. The number of benzene rings is 3. The summed E-state index contributed by atoms with van der Waals surface area (Å²) in [4.78, 5) is 0. The zero-order valence-electron chi connectivity index (χ0n) is 12.2. The maximum absolute atomic E-state index is 9.45. The van der Waals surface area contributed by atoms with Gasteiger partial charge in [-0.1, -0.05) is 42.5 Å². The van der Waals surface area contributed by atoms with Crippen molar-refractivity contribution in [2.45, 2.75) is 0 Å². The van der Waals surface area contributed by atoms with Crippen LogP contribution in [-0.4, -0.2) is 9.67 Å². The van der Waals surface area contributed by atoms with Gasteiger partial charge in [-0.05, 0) is 23.8 Å². The second-order valence-electron chi connectivity index (χ2n) is 5.55. The minimum Gasteiger partial charge on any atom is -0.508 e. The summed E-state index contributed by atoms with van der Waals surface area (Å²) in [6, 6.07) is 19.6. The molecule has 0 amide bonds. The van der Waals surface area contributed by atoms with Crippen LogP contribution in [0.5, 0.6) is 5.75 Å². The molecule has 22 heavy (non-hydrogen) atoms. The molecule has 108 valence electrons. The van der Waals surface area contributed by atoms with Gasteiger partial charge in [0.15, 0.2) is 0 Å². The van der Waals surface area contributed by atoms with Gasteiger partial charge in [0.2, 0.25) is 0 Å². The number of nitrogens with zero attached hydrogens (tertiary/aromatic N) is 1. The molecular weight excluding hydrogens is 272 g/mol. The number of fused-ring (bicyclic) bond motifs is 3. The third-order valence-electron chi connectivity index (χ3n) is 4.29. The van der Waals surface area contributed by atoms with E-state index in [-0.39, 0.29) is 5.75 Å². The lowest BCUT2D eigenvalue weighted by molar-refractivity contribution is 0.475. The molecule has 1 heterocycles. The average Bonchev–Trinajstić information content (AvgIpc) is 2.83. The van der Waals surface area contributed by atoms with Crippen LogP contribution in [0.4, 0.5) is 5.69 Å². The van der Waals surface area contributed by atoms with Gasteiger partial charge in [0.05, 0.1) is 11.2 Å². The van der Waals surface area contributed by atoms with Crippen molar-refractivity contribution < 1.29 is 5.11 Å². The molecule has 0 unspecified atom stereocenters. The van der Waals surface area contributed by atoms with E-state index in [4.69, 9.17) is 5.73 Å². The largest absolute Gasteiger partial charge is 0.508 e. The number of rotatable bonds is 1. The predicted octanol–water partition coefficient (Wildman–Crippen LogP) is 4.29. The summed E-state index contributed by atoms with van der Waals surface area (Å²) in [6.45, 7) is 0. The Bertz CT molecular complexity index is 997. The molecule has 0 radical (unpaired) electrons.